The van der Waals surface area contributed by atoms with Crippen LogP contribution in [0.15, 0.2) is 69.9 Å². The van der Waals surface area contributed by atoms with Gasteiger partial charge in [-0.2, -0.15) is 0 Å². The molecule has 0 fully saturated rings. The van der Waals surface area contributed by atoms with Crippen molar-refractivity contribution in [1.82, 2.24) is 0 Å². The predicted molar refractivity (Wildman–Crippen MR) is 108 cm³/mol. The molecule has 0 radical (unpaired) electrons. The minimum absolute atomic E-state index is 0.0588. The summed E-state index contributed by atoms with van der Waals surface area (Å²) in [5, 5.41) is 3.95. The number of nitrogens with one attached hydrogen (secondary N) is 1. The number of hydrogen-bond acceptors (Lipinski definition) is 3. The number of benzene rings is 3. The molecule has 0 saturated carbocycles. The number of rotatable bonds is 3. The van der Waals surface area contributed by atoms with E-state index in [1.54, 1.807) is 18.2 Å². The van der Waals surface area contributed by atoms with Gasteiger partial charge in [0, 0.05) is 11.8 Å². The largest absolute Gasteiger partial charge is 0.456 e. The summed E-state index contributed by atoms with van der Waals surface area (Å²) in [6.07, 6.45) is 0.291. The third-order valence-corrected chi connectivity index (χ3v) is 4.78. The molecule has 0 atom stereocenters. The van der Waals surface area contributed by atoms with Crippen LogP contribution < -0.4 is 10.7 Å². The van der Waals surface area contributed by atoms with Gasteiger partial charge >= 0.3 is 0 Å². The van der Waals surface area contributed by atoms with Gasteiger partial charge < -0.3 is 9.73 Å². The molecule has 4 rings (SSSR count). The highest BCUT2D eigenvalue weighted by molar-refractivity contribution is 5.96. The molecule has 0 unspecified atom stereocenters. The molecule has 1 heterocycles. The summed E-state index contributed by atoms with van der Waals surface area (Å²) >= 11 is 0. The van der Waals surface area contributed by atoms with Crippen LogP contribution in [0.25, 0.3) is 21.9 Å². The maximum Gasteiger partial charge on any atom is 0.228 e. The Labute approximate surface area is 156 Å². The first-order valence-electron chi connectivity index (χ1n) is 8.83. The van der Waals surface area contributed by atoms with Crippen molar-refractivity contribution in [2.75, 3.05) is 5.32 Å². The summed E-state index contributed by atoms with van der Waals surface area (Å²) in [5.74, 6) is -0.116. The molecular formula is C23H19NO3. The molecule has 4 aromatic rings. The highest BCUT2D eigenvalue weighted by atomic mass is 16.3. The second-order valence-electron chi connectivity index (χ2n) is 6.79. The predicted octanol–water partition coefficient (Wildman–Crippen LogP) is 4.74. The van der Waals surface area contributed by atoms with Crippen molar-refractivity contribution in [3.05, 3.63) is 87.6 Å². The molecule has 4 heteroatoms. The van der Waals surface area contributed by atoms with E-state index in [0.717, 1.165) is 16.7 Å². The summed E-state index contributed by atoms with van der Waals surface area (Å²) in [4.78, 5) is 25.1. The monoisotopic (exact) mass is 357 g/mol. The molecule has 27 heavy (non-hydrogen) atoms. The van der Waals surface area contributed by atoms with E-state index >= 15 is 0 Å². The molecule has 1 aromatic heterocycles. The van der Waals surface area contributed by atoms with Gasteiger partial charge in [-0.3, -0.25) is 9.59 Å². The number of anilines is 1. The summed E-state index contributed by atoms with van der Waals surface area (Å²) in [6.45, 7) is 3.96. The maximum absolute atomic E-state index is 12.8. The highest BCUT2D eigenvalue weighted by Crippen LogP contribution is 2.24. The average molecular weight is 357 g/mol. The number of carbonyl (C=O) groups is 1. The van der Waals surface area contributed by atoms with E-state index < -0.39 is 0 Å². The molecule has 3 aromatic carbocycles. The second kappa shape index (κ2) is 6.72. The highest BCUT2D eigenvalue weighted by Gasteiger charge is 2.11. The van der Waals surface area contributed by atoms with Crippen LogP contribution in [0.4, 0.5) is 5.69 Å². The van der Waals surface area contributed by atoms with E-state index in [0.29, 0.717) is 34.0 Å². The van der Waals surface area contributed by atoms with Crippen LogP contribution in [0.3, 0.4) is 0 Å². The minimum Gasteiger partial charge on any atom is -0.456 e. The van der Waals surface area contributed by atoms with Gasteiger partial charge in [0.25, 0.3) is 0 Å². The molecule has 4 nitrogen and oxygen atoms in total. The maximum atomic E-state index is 12.8. The fourth-order valence-electron chi connectivity index (χ4n) is 3.17. The van der Waals surface area contributed by atoms with Crippen molar-refractivity contribution in [2.45, 2.75) is 20.3 Å². The SMILES string of the molecule is Cc1cc2oc3cc(NC(=O)Cc4ccccc4)ccc3c(=O)c2cc1C. The van der Waals surface area contributed by atoms with Crippen LogP contribution in [0, 0.1) is 13.8 Å². The van der Waals surface area contributed by atoms with Crippen molar-refractivity contribution >= 4 is 33.5 Å². The van der Waals surface area contributed by atoms with Crippen LogP contribution in [0.1, 0.15) is 16.7 Å². The first-order valence-corrected chi connectivity index (χ1v) is 8.83. The molecule has 0 aliphatic rings. The molecule has 0 bridgehead atoms. The topological polar surface area (TPSA) is 59.3 Å². The molecule has 1 amide bonds. The molecule has 0 saturated heterocycles. The van der Waals surface area contributed by atoms with Gasteiger partial charge in [-0.1, -0.05) is 30.3 Å². The Morgan fingerprint density at radius 1 is 0.889 bits per heavy atom. The average Bonchev–Trinajstić information content (AvgIpc) is 2.64. The third-order valence-electron chi connectivity index (χ3n) is 4.78. The molecule has 134 valence electrons. The fourth-order valence-corrected chi connectivity index (χ4v) is 3.17. The third kappa shape index (κ3) is 3.34. The van der Waals surface area contributed by atoms with Gasteiger partial charge in [0.05, 0.1) is 17.2 Å². The van der Waals surface area contributed by atoms with Gasteiger partial charge in [-0.15, -0.1) is 0 Å². The lowest BCUT2D eigenvalue weighted by Crippen LogP contribution is -2.14. The van der Waals surface area contributed by atoms with Crippen LogP contribution in [0.5, 0.6) is 0 Å². The second-order valence-corrected chi connectivity index (χ2v) is 6.79. The Kier molecular flexibility index (Phi) is 4.24. The van der Waals surface area contributed by atoms with Crippen molar-refractivity contribution in [3.63, 3.8) is 0 Å². The van der Waals surface area contributed by atoms with Crippen LogP contribution in [-0.4, -0.2) is 5.91 Å². The van der Waals surface area contributed by atoms with Gasteiger partial charge in [-0.25, -0.2) is 0 Å². The van der Waals surface area contributed by atoms with E-state index in [-0.39, 0.29) is 11.3 Å². The molecule has 0 spiro atoms. The molecule has 0 aliphatic heterocycles. The molecular weight excluding hydrogens is 338 g/mol. The lowest BCUT2D eigenvalue weighted by molar-refractivity contribution is -0.115. The van der Waals surface area contributed by atoms with Gasteiger partial charge in [0.1, 0.15) is 11.2 Å². The Morgan fingerprint density at radius 3 is 2.37 bits per heavy atom. The quantitative estimate of drug-likeness (QED) is 0.539. The van der Waals surface area contributed by atoms with Crippen LogP contribution >= 0.6 is 0 Å². The summed E-state index contributed by atoms with van der Waals surface area (Å²) < 4.78 is 5.95. The number of hydrogen-bond donors (Lipinski definition) is 1. The number of fused-ring (bicyclic) bond motifs is 2. The smallest absolute Gasteiger partial charge is 0.228 e. The standard InChI is InChI=1S/C23H19NO3/c1-14-10-19-20(11-15(14)2)27-21-13-17(8-9-18(21)23(19)26)24-22(25)12-16-6-4-3-5-7-16/h3-11,13H,12H2,1-2H3,(H,24,25). The Morgan fingerprint density at radius 2 is 1.59 bits per heavy atom. The number of carbonyl (C=O) groups excluding carboxylic acids is 1. The zero-order chi connectivity index (χ0) is 19.0. The molecule has 1 N–H and O–H groups in total. The van der Waals surface area contributed by atoms with E-state index in [1.807, 2.05) is 56.3 Å². The Balaban J connectivity index is 1.69. The number of aryl methyl sites for hydroxylation is 2. The van der Waals surface area contributed by atoms with Gasteiger partial charge in [0.15, 0.2) is 0 Å². The van der Waals surface area contributed by atoms with Crippen LogP contribution in [0.2, 0.25) is 0 Å². The van der Waals surface area contributed by atoms with Crippen molar-refractivity contribution in [1.29, 1.82) is 0 Å². The summed E-state index contributed by atoms with van der Waals surface area (Å²) in [7, 11) is 0. The Hall–Kier alpha value is -3.40. The van der Waals surface area contributed by atoms with Crippen molar-refractivity contribution in [2.24, 2.45) is 0 Å². The van der Waals surface area contributed by atoms with E-state index in [4.69, 9.17) is 4.42 Å². The zero-order valence-corrected chi connectivity index (χ0v) is 15.2. The van der Waals surface area contributed by atoms with E-state index in [2.05, 4.69) is 5.32 Å². The van der Waals surface area contributed by atoms with Crippen molar-refractivity contribution < 1.29 is 9.21 Å². The van der Waals surface area contributed by atoms with Gasteiger partial charge in [-0.05, 0) is 54.8 Å². The molecule has 0 aliphatic carbocycles. The Bertz CT molecular complexity index is 1220. The first kappa shape index (κ1) is 17.0. The van der Waals surface area contributed by atoms with E-state index in [1.165, 1.54) is 0 Å². The normalized spacial score (nSPS) is 11.0. The minimum atomic E-state index is -0.116. The first-order chi connectivity index (χ1) is 13.0. The lowest BCUT2D eigenvalue weighted by Gasteiger charge is -2.08. The van der Waals surface area contributed by atoms with Gasteiger partial charge in [0.2, 0.25) is 11.3 Å². The fraction of sp³-hybridized carbons (Fsp3) is 0.130. The zero-order valence-electron chi connectivity index (χ0n) is 15.2. The lowest BCUT2D eigenvalue weighted by atomic mass is 10.1. The van der Waals surface area contributed by atoms with Crippen molar-refractivity contribution in [3.8, 4) is 0 Å². The number of amides is 1. The summed E-state index contributed by atoms with van der Waals surface area (Å²) in [6, 6.07) is 18.4. The van der Waals surface area contributed by atoms with Crippen LogP contribution in [-0.2, 0) is 11.2 Å². The summed E-state index contributed by atoms with van der Waals surface area (Å²) in [5.41, 5.74) is 4.64. The van der Waals surface area contributed by atoms with E-state index in [9.17, 15) is 9.59 Å².